The number of carbonyl (C=O) groups is 1. The van der Waals surface area contributed by atoms with Gasteiger partial charge < -0.3 is 10.1 Å². The fourth-order valence-corrected chi connectivity index (χ4v) is 2.08. The summed E-state index contributed by atoms with van der Waals surface area (Å²) in [6, 6.07) is 7.29. The van der Waals surface area contributed by atoms with Gasteiger partial charge in [-0.3, -0.25) is 4.79 Å². The third-order valence-corrected chi connectivity index (χ3v) is 3.16. The Balaban J connectivity index is 1.58. The van der Waals surface area contributed by atoms with Crippen molar-refractivity contribution in [2.75, 3.05) is 0 Å². The second-order valence-electron chi connectivity index (χ2n) is 5.12. The molecule has 1 amide bonds. The molecule has 3 aromatic rings. The van der Waals surface area contributed by atoms with Crippen LogP contribution in [0.3, 0.4) is 0 Å². The molecule has 0 atom stereocenters. The monoisotopic (exact) mass is 343 g/mol. The minimum atomic E-state index is -0.687. The first-order valence-electron chi connectivity index (χ1n) is 7.17. The molecule has 2 heterocycles. The zero-order valence-electron chi connectivity index (χ0n) is 13.1. The zero-order chi connectivity index (χ0) is 17.8. The molecule has 25 heavy (non-hydrogen) atoms. The number of hydrazone groups is 1. The number of rotatable bonds is 6. The van der Waals surface area contributed by atoms with E-state index in [0.717, 1.165) is 5.52 Å². The molecule has 0 unspecified atom stereocenters. The van der Waals surface area contributed by atoms with E-state index in [0.29, 0.717) is 11.2 Å². The maximum Gasteiger partial charge on any atom is 0.490 e. The number of nitrogens with one attached hydrogen (secondary N) is 1. The van der Waals surface area contributed by atoms with Crippen molar-refractivity contribution in [1.29, 1.82) is 0 Å². The maximum absolute atomic E-state index is 12.0. The number of hydrogen-bond donors (Lipinski definition) is 1. The number of aromatic nitrogens is 6. The summed E-state index contributed by atoms with van der Waals surface area (Å²) in [5.41, 5.74) is 4.34. The number of fused-ring (bicyclic) bond motifs is 1. The van der Waals surface area contributed by atoms with Crippen LogP contribution in [-0.4, -0.2) is 46.3 Å². The van der Waals surface area contributed by atoms with E-state index in [1.165, 1.54) is 15.7 Å². The van der Waals surface area contributed by atoms with Crippen molar-refractivity contribution < 1.29 is 9.72 Å². The molecule has 0 aliphatic heterocycles. The molecule has 0 radical (unpaired) electrons. The second kappa shape index (κ2) is 6.82. The van der Waals surface area contributed by atoms with E-state index in [4.69, 9.17) is 0 Å². The highest BCUT2D eigenvalue weighted by Crippen LogP contribution is 2.09. The third kappa shape index (κ3) is 3.80. The molecule has 0 aliphatic rings. The number of benzene rings is 1. The van der Waals surface area contributed by atoms with Gasteiger partial charge in [0, 0.05) is 5.10 Å². The van der Waals surface area contributed by atoms with Crippen LogP contribution in [0.2, 0.25) is 0 Å². The molecule has 1 N–H and O–H groups in total. The van der Waals surface area contributed by atoms with Crippen molar-refractivity contribution in [3.8, 4) is 0 Å². The van der Waals surface area contributed by atoms with Gasteiger partial charge in [-0.2, -0.15) is 9.78 Å². The molecule has 0 bridgehead atoms. The highest BCUT2D eigenvalue weighted by molar-refractivity contribution is 5.84. The van der Waals surface area contributed by atoms with Crippen LogP contribution in [0.25, 0.3) is 11.0 Å². The average Bonchev–Trinajstić information content (AvgIpc) is 3.21. The van der Waals surface area contributed by atoms with Gasteiger partial charge in [-0.1, -0.05) is 22.3 Å². The predicted molar refractivity (Wildman–Crippen MR) is 85.5 cm³/mol. The van der Waals surface area contributed by atoms with Gasteiger partial charge in [-0.15, -0.1) is 5.10 Å². The van der Waals surface area contributed by atoms with Crippen LogP contribution in [0.1, 0.15) is 6.92 Å². The molecular formula is C13H13N9O3. The highest BCUT2D eigenvalue weighted by Gasteiger charge is 2.13. The van der Waals surface area contributed by atoms with Gasteiger partial charge in [0.1, 0.15) is 12.1 Å². The molecule has 1 aromatic carbocycles. The van der Waals surface area contributed by atoms with Crippen LogP contribution in [0.5, 0.6) is 0 Å². The van der Waals surface area contributed by atoms with E-state index < -0.39 is 10.9 Å². The number of hydrogen-bond acceptors (Lipinski definition) is 8. The molecule has 3 rings (SSSR count). The van der Waals surface area contributed by atoms with Crippen LogP contribution in [0.15, 0.2) is 35.7 Å². The van der Waals surface area contributed by atoms with Crippen LogP contribution in [0.4, 0.5) is 5.95 Å². The van der Waals surface area contributed by atoms with E-state index in [2.05, 4.69) is 30.9 Å². The van der Waals surface area contributed by atoms with Crippen LogP contribution < -0.4 is 5.43 Å². The number of carbonyl (C=O) groups excluding carboxylic acids is 1. The molecule has 12 nitrogen and oxygen atoms in total. The number of para-hydroxylation sites is 1. The second-order valence-corrected chi connectivity index (χ2v) is 5.12. The topological polar surface area (TPSA) is 146 Å². The molecule has 2 aromatic heterocycles. The fraction of sp³-hybridized carbons (Fsp3) is 0.231. The van der Waals surface area contributed by atoms with Crippen molar-refractivity contribution >= 4 is 28.6 Å². The van der Waals surface area contributed by atoms with Crippen LogP contribution >= 0.6 is 0 Å². The molecule has 0 spiro atoms. The molecule has 12 heteroatoms. The Morgan fingerprint density at radius 2 is 2.16 bits per heavy atom. The Bertz CT molecular complexity index is 958. The van der Waals surface area contributed by atoms with Crippen molar-refractivity contribution in [2.45, 2.75) is 20.0 Å². The van der Waals surface area contributed by atoms with Gasteiger partial charge in [-0.25, -0.2) is 10.1 Å². The largest absolute Gasteiger partial charge is 0.490 e. The lowest BCUT2D eigenvalue weighted by atomic mass is 10.3. The molecule has 0 aliphatic carbocycles. The van der Waals surface area contributed by atoms with E-state index in [-0.39, 0.29) is 19.0 Å². The van der Waals surface area contributed by atoms with Crippen LogP contribution in [0, 0.1) is 10.1 Å². The lowest BCUT2D eigenvalue weighted by Crippen LogP contribution is -2.25. The van der Waals surface area contributed by atoms with Crippen molar-refractivity contribution in [3.63, 3.8) is 0 Å². The summed E-state index contributed by atoms with van der Waals surface area (Å²) < 4.78 is 2.73. The van der Waals surface area contributed by atoms with Gasteiger partial charge in [0.2, 0.25) is 6.33 Å². The SMILES string of the molecule is C/C(Cn1cnc([N+](=O)[O-])n1)=N/NC(=O)Cn1nnc2ccccc21. The summed E-state index contributed by atoms with van der Waals surface area (Å²) in [6.07, 6.45) is 1.22. The molecule has 128 valence electrons. The number of nitrogens with zero attached hydrogens (tertiary/aromatic N) is 8. The normalized spacial score (nSPS) is 11.6. The zero-order valence-corrected chi connectivity index (χ0v) is 13.1. The first-order chi connectivity index (χ1) is 12.0. The summed E-state index contributed by atoms with van der Waals surface area (Å²) in [6.45, 7) is 1.78. The molecule has 0 fully saturated rings. The van der Waals surface area contributed by atoms with Gasteiger partial charge in [0.25, 0.3) is 5.91 Å². The van der Waals surface area contributed by atoms with Crippen LogP contribution in [-0.2, 0) is 17.9 Å². The highest BCUT2D eigenvalue weighted by atomic mass is 16.6. The van der Waals surface area contributed by atoms with E-state index in [9.17, 15) is 14.9 Å². The quantitative estimate of drug-likeness (QED) is 0.380. The van der Waals surface area contributed by atoms with E-state index in [1.807, 2.05) is 18.2 Å². The minimum absolute atomic E-state index is 0.0356. The Labute approximate surface area is 140 Å². The molecular weight excluding hydrogens is 330 g/mol. The smallest absolute Gasteiger partial charge is 0.390 e. The van der Waals surface area contributed by atoms with Crippen molar-refractivity contribution in [1.82, 2.24) is 35.2 Å². The summed E-state index contributed by atoms with van der Waals surface area (Å²) >= 11 is 0. The van der Waals surface area contributed by atoms with E-state index in [1.54, 1.807) is 13.0 Å². The third-order valence-electron chi connectivity index (χ3n) is 3.16. The minimum Gasteiger partial charge on any atom is -0.390 e. The standard InChI is InChI=1S/C13H13N9O3/c1-9(6-20-8-14-13(18-20)22(24)25)15-17-12(23)7-21-11-5-3-2-4-10(11)16-19-21/h2-5,8H,6-7H2,1H3,(H,17,23)/b15-9-. The summed E-state index contributed by atoms with van der Waals surface area (Å²) in [4.78, 5) is 25.3. The summed E-state index contributed by atoms with van der Waals surface area (Å²) in [7, 11) is 0. The number of amides is 1. The van der Waals surface area contributed by atoms with Crippen molar-refractivity contribution in [3.05, 3.63) is 40.7 Å². The lowest BCUT2D eigenvalue weighted by molar-refractivity contribution is -0.394. The molecule has 0 saturated carbocycles. The molecule has 0 saturated heterocycles. The lowest BCUT2D eigenvalue weighted by Gasteiger charge is -2.02. The van der Waals surface area contributed by atoms with Gasteiger partial charge in [0.15, 0.2) is 0 Å². The van der Waals surface area contributed by atoms with Gasteiger partial charge in [0.05, 0.1) is 17.8 Å². The number of nitro groups is 1. The Morgan fingerprint density at radius 3 is 2.92 bits per heavy atom. The maximum atomic E-state index is 12.0. The summed E-state index contributed by atoms with van der Waals surface area (Å²) in [5, 5.41) is 26.0. The van der Waals surface area contributed by atoms with Crippen molar-refractivity contribution in [2.24, 2.45) is 5.10 Å². The Hall–Kier alpha value is -3.70. The Morgan fingerprint density at radius 1 is 1.36 bits per heavy atom. The fourth-order valence-electron chi connectivity index (χ4n) is 2.08. The first-order valence-corrected chi connectivity index (χ1v) is 7.17. The van der Waals surface area contributed by atoms with Gasteiger partial charge in [-0.05, 0) is 24.0 Å². The predicted octanol–water partition coefficient (Wildman–Crippen LogP) is 0.123. The average molecular weight is 343 g/mol. The van der Waals surface area contributed by atoms with Gasteiger partial charge >= 0.3 is 5.95 Å². The summed E-state index contributed by atoms with van der Waals surface area (Å²) in [5.74, 6) is -0.866. The van der Waals surface area contributed by atoms with E-state index >= 15 is 0 Å². The Kier molecular flexibility index (Phi) is 4.41. The first kappa shape index (κ1) is 16.2.